The molecule has 6 heteroatoms. The predicted octanol–water partition coefficient (Wildman–Crippen LogP) is 1.72. The van der Waals surface area contributed by atoms with Crippen molar-refractivity contribution in [1.82, 2.24) is 10.6 Å². The number of nitrogens with zero attached hydrogens (tertiary/aromatic N) is 1. The Labute approximate surface area is 126 Å². The van der Waals surface area contributed by atoms with Gasteiger partial charge in [-0.3, -0.25) is 4.79 Å². The molecular weight excluding hydrogens is 322 g/mol. The molecule has 1 aromatic carbocycles. The molecule has 1 aliphatic carbocycles. The van der Waals surface area contributed by atoms with Crippen LogP contribution >= 0.6 is 15.9 Å². The van der Waals surface area contributed by atoms with Gasteiger partial charge in [0.25, 0.3) is 5.91 Å². The minimum atomic E-state index is -0.299. The van der Waals surface area contributed by atoms with Crippen LogP contribution in [0.2, 0.25) is 0 Å². The van der Waals surface area contributed by atoms with Crippen LogP contribution in [-0.4, -0.2) is 25.1 Å². The van der Waals surface area contributed by atoms with Gasteiger partial charge in [-0.1, -0.05) is 15.9 Å². The third-order valence-corrected chi connectivity index (χ3v) is 3.68. The minimum Gasteiger partial charge on any atom is -0.484 e. The molecule has 20 heavy (non-hydrogen) atoms. The molecule has 0 aliphatic heterocycles. The van der Waals surface area contributed by atoms with E-state index in [1.165, 1.54) is 12.8 Å². The second-order valence-corrected chi connectivity index (χ2v) is 5.49. The Morgan fingerprint density at radius 1 is 1.50 bits per heavy atom. The van der Waals surface area contributed by atoms with E-state index >= 15 is 0 Å². The number of carbonyl (C=O) groups excluding carboxylic acids is 1. The lowest BCUT2D eigenvalue weighted by Gasteiger charge is -2.10. The van der Waals surface area contributed by atoms with Gasteiger partial charge in [-0.2, -0.15) is 5.26 Å². The Morgan fingerprint density at radius 2 is 2.30 bits per heavy atom. The fourth-order valence-corrected chi connectivity index (χ4v) is 2.04. The summed E-state index contributed by atoms with van der Waals surface area (Å²) in [6.07, 6.45) is 2.49. The molecule has 1 aromatic rings. The standard InChI is InChI=1S/C14H16BrN3O2/c15-13-4-3-12(20-9-14(19)17-6-5-16)7-10(13)8-18-11-1-2-11/h3-4,7,11,18H,1-2,6,8-9H2,(H,17,19). The fourth-order valence-electron chi connectivity index (χ4n) is 1.66. The number of halogens is 1. The number of amides is 1. The van der Waals surface area contributed by atoms with Crippen molar-refractivity contribution in [2.45, 2.75) is 25.4 Å². The number of hydrogen-bond acceptors (Lipinski definition) is 4. The molecule has 1 amide bonds. The minimum absolute atomic E-state index is 0.000903. The van der Waals surface area contributed by atoms with Gasteiger partial charge in [-0.05, 0) is 36.6 Å². The van der Waals surface area contributed by atoms with Gasteiger partial charge in [0.05, 0.1) is 6.07 Å². The Balaban J connectivity index is 1.86. The van der Waals surface area contributed by atoms with Crippen LogP contribution < -0.4 is 15.4 Å². The van der Waals surface area contributed by atoms with Crippen LogP contribution in [0, 0.1) is 11.3 Å². The topological polar surface area (TPSA) is 74.2 Å². The number of ether oxygens (including phenoxy) is 1. The van der Waals surface area contributed by atoms with Gasteiger partial charge in [0.2, 0.25) is 0 Å². The van der Waals surface area contributed by atoms with Crippen molar-refractivity contribution in [1.29, 1.82) is 5.26 Å². The van der Waals surface area contributed by atoms with Crippen LogP contribution in [-0.2, 0) is 11.3 Å². The highest BCUT2D eigenvalue weighted by Crippen LogP contribution is 2.25. The Bertz CT molecular complexity index is 524. The summed E-state index contributed by atoms with van der Waals surface area (Å²) in [6, 6.07) is 8.12. The third-order valence-electron chi connectivity index (χ3n) is 2.91. The fraction of sp³-hybridized carbons (Fsp3) is 0.429. The molecule has 2 rings (SSSR count). The maximum atomic E-state index is 11.3. The number of benzene rings is 1. The number of carbonyl (C=O) groups is 1. The zero-order chi connectivity index (χ0) is 14.4. The van der Waals surface area contributed by atoms with E-state index in [4.69, 9.17) is 10.00 Å². The summed E-state index contributed by atoms with van der Waals surface area (Å²) in [5.74, 6) is 0.347. The summed E-state index contributed by atoms with van der Waals surface area (Å²) in [5.41, 5.74) is 1.10. The van der Waals surface area contributed by atoms with Crippen molar-refractivity contribution in [2.75, 3.05) is 13.2 Å². The van der Waals surface area contributed by atoms with Crippen LogP contribution in [0.4, 0.5) is 0 Å². The molecule has 0 aromatic heterocycles. The molecule has 0 atom stereocenters. The van der Waals surface area contributed by atoms with Crippen LogP contribution in [0.1, 0.15) is 18.4 Å². The second kappa shape index (κ2) is 7.27. The van der Waals surface area contributed by atoms with Crippen LogP contribution in [0.3, 0.4) is 0 Å². The van der Waals surface area contributed by atoms with Gasteiger partial charge in [-0.15, -0.1) is 0 Å². The molecule has 0 radical (unpaired) electrons. The van der Waals surface area contributed by atoms with Gasteiger partial charge in [0.15, 0.2) is 6.61 Å². The number of nitrogens with one attached hydrogen (secondary N) is 2. The largest absolute Gasteiger partial charge is 0.484 e. The Hall–Kier alpha value is -1.58. The second-order valence-electron chi connectivity index (χ2n) is 4.63. The van der Waals surface area contributed by atoms with Crippen molar-refractivity contribution < 1.29 is 9.53 Å². The maximum absolute atomic E-state index is 11.3. The first-order chi connectivity index (χ1) is 9.69. The van der Waals surface area contributed by atoms with E-state index in [1.54, 1.807) is 0 Å². The molecule has 2 N–H and O–H groups in total. The first-order valence-corrected chi connectivity index (χ1v) is 7.26. The molecule has 1 saturated carbocycles. The first kappa shape index (κ1) is 14.8. The molecular formula is C14H16BrN3O2. The zero-order valence-corrected chi connectivity index (χ0v) is 12.6. The van der Waals surface area contributed by atoms with Crippen LogP contribution in [0.5, 0.6) is 5.75 Å². The molecule has 0 spiro atoms. The van der Waals surface area contributed by atoms with Gasteiger partial charge in [0, 0.05) is 17.1 Å². The maximum Gasteiger partial charge on any atom is 0.258 e. The summed E-state index contributed by atoms with van der Waals surface area (Å²) in [7, 11) is 0. The SMILES string of the molecule is N#CCNC(=O)COc1ccc(Br)c(CNC2CC2)c1. The van der Waals surface area contributed by atoms with E-state index < -0.39 is 0 Å². The van der Waals surface area contributed by atoms with Crippen molar-refractivity contribution in [2.24, 2.45) is 0 Å². The first-order valence-electron chi connectivity index (χ1n) is 6.47. The molecule has 1 aliphatic rings. The van der Waals surface area contributed by atoms with E-state index in [1.807, 2.05) is 24.3 Å². The molecule has 5 nitrogen and oxygen atoms in total. The van der Waals surface area contributed by atoms with Crippen molar-refractivity contribution in [3.8, 4) is 11.8 Å². The van der Waals surface area contributed by atoms with Crippen LogP contribution in [0.15, 0.2) is 22.7 Å². The third kappa shape index (κ3) is 4.83. The van der Waals surface area contributed by atoms with Crippen molar-refractivity contribution >= 4 is 21.8 Å². The van der Waals surface area contributed by atoms with E-state index in [0.717, 1.165) is 16.6 Å². The van der Waals surface area contributed by atoms with E-state index in [2.05, 4.69) is 26.6 Å². The lowest BCUT2D eigenvalue weighted by molar-refractivity contribution is -0.122. The van der Waals surface area contributed by atoms with Crippen LogP contribution in [0.25, 0.3) is 0 Å². The summed E-state index contributed by atoms with van der Waals surface area (Å²) in [4.78, 5) is 11.3. The molecule has 0 unspecified atom stereocenters. The smallest absolute Gasteiger partial charge is 0.258 e. The predicted molar refractivity (Wildman–Crippen MR) is 78.1 cm³/mol. The molecule has 1 fully saturated rings. The molecule has 0 bridgehead atoms. The lowest BCUT2D eigenvalue weighted by atomic mass is 10.2. The summed E-state index contributed by atoms with van der Waals surface area (Å²) in [6.45, 7) is 0.695. The van der Waals surface area contributed by atoms with Gasteiger partial charge >= 0.3 is 0 Å². The van der Waals surface area contributed by atoms with Gasteiger partial charge in [-0.25, -0.2) is 0 Å². The highest BCUT2D eigenvalue weighted by Gasteiger charge is 2.20. The monoisotopic (exact) mass is 337 g/mol. The Kier molecular flexibility index (Phi) is 5.39. The van der Waals surface area contributed by atoms with E-state index in [-0.39, 0.29) is 19.1 Å². The summed E-state index contributed by atoms with van der Waals surface area (Å²) < 4.78 is 6.43. The quantitative estimate of drug-likeness (QED) is 0.743. The molecule has 0 heterocycles. The Morgan fingerprint density at radius 3 is 3.00 bits per heavy atom. The normalized spacial score (nSPS) is 13.6. The highest BCUT2D eigenvalue weighted by molar-refractivity contribution is 9.10. The van der Waals surface area contributed by atoms with Gasteiger partial charge in [0.1, 0.15) is 12.3 Å². The van der Waals surface area contributed by atoms with E-state index in [9.17, 15) is 4.79 Å². The molecule has 0 saturated heterocycles. The lowest BCUT2D eigenvalue weighted by Crippen LogP contribution is -2.29. The van der Waals surface area contributed by atoms with Crippen molar-refractivity contribution in [3.63, 3.8) is 0 Å². The number of nitriles is 1. The molecule has 106 valence electrons. The average Bonchev–Trinajstić information content (AvgIpc) is 3.27. The highest BCUT2D eigenvalue weighted by atomic mass is 79.9. The zero-order valence-electron chi connectivity index (χ0n) is 11.0. The average molecular weight is 338 g/mol. The van der Waals surface area contributed by atoms with Crippen molar-refractivity contribution in [3.05, 3.63) is 28.2 Å². The van der Waals surface area contributed by atoms with Gasteiger partial charge < -0.3 is 15.4 Å². The number of hydrogen-bond donors (Lipinski definition) is 2. The number of rotatable bonds is 7. The van der Waals surface area contributed by atoms with E-state index in [0.29, 0.717) is 11.8 Å². The summed E-state index contributed by atoms with van der Waals surface area (Å²) >= 11 is 3.50. The summed E-state index contributed by atoms with van der Waals surface area (Å²) in [5, 5.41) is 14.2.